The fourth-order valence-corrected chi connectivity index (χ4v) is 2.46. The van der Waals surface area contributed by atoms with Gasteiger partial charge in [-0.2, -0.15) is 8.42 Å². The lowest BCUT2D eigenvalue weighted by molar-refractivity contribution is -0.126. The van der Waals surface area contributed by atoms with Crippen LogP contribution in [0.4, 0.5) is 0 Å². The number of carbonyl (C=O) groups is 1. The van der Waals surface area contributed by atoms with Crippen molar-refractivity contribution in [1.29, 1.82) is 0 Å². The fourth-order valence-electron chi connectivity index (χ4n) is 1.59. The van der Waals surface area contributed by atoms with Crippen LogP contribution < -0.4 is 0 Å². The number of unbranched alkanes of at least 4 members (excludes halogenated alkanes) is 2. The minimum Gasteiger partial charge on any atom is -0.338 e. The molecule has 1 atom stereocenters. The number of likely N-dealkylation sites (N-methyl/N-ethyl adjacent to an activating group) is 1. The van der Waals surface area contributed by atoms with Crippen LogP contribution in [0.5, 0.6) is 0 Å². The summed E-state index contributed by atoms with van der Waals surface area (Å²) >= 11 is 0. The highest BCUT2D eigenvalue weighted by Crippen LogP contribution is 2.11. The van der Waals surface area contributed by atoms with E-state index < -0.39 is 21.9 Å². The zero-order valence-corrected chi connectivity index (χ0v) is 11.2. The smallest absolute Gasteiger partial charge is 0.266 e. The molecule has 0 saturated heterocycles. The second-order valence-corrected chi connectivity index (χ2v) is 5.55. The summed E-state index contributed by atoms with van der Waals surface area (Å²) in [6, 6.07) is -0.498. The summed E-state index contributed by atoms with van der Waals surface area (Å²) in [5.41, 5.74) is 0. The molecule has 0 fully saturated rings. The van der Waals surface area contributed by atoms with E-state index in [0.29, 0.717) is 6.42 Å². The molecule has 0 aromatic heterocycles. The van der Waals surface area contributed by atoms with Gasteiger partial charge in [0.05, 0.1) is 5.75 Å². The SMILES string of the molecule is C=CC(=O)N(C)C(CCCCC)CS(=O)(=O)O. The van der Waals surface area contributed by atoms with Gasteiger partial charge in [-0.15, -0.1) is 0 Å². The number of amides is 1. The Morgan fingerprint density at radius 3 is 2.47 bits per heavy atom. The van der Waals surface area contributed by atoms with Crippen molar-refractivity contribution in [2.75, 3.05) is 12.8 Å². The maximum Gasteiger partial charge on any atom is 0.266 e. The van der Waals surface area contributed by atoms with Gasteiger partial charge in [-0.25, -0.2) is 0 Å². The second-order valence-electron chi connectivity index (χ2n) is 4.05. The van der Waals surface area contributed by atoms with Gasteiger partial charge in [-0.1, -0.05) is 32.8 Å². The monoisotopic (exact) mass is 263 g/mol. The molecule has 100 valence electrons. The van der Waals surface area contributed by atoms with Crippen molar-refractivity contribution in [2.45, 2.75) is 38.6 Å². The minimum atomic E-state index is -4.08. The van der Waals surface area contributed by atoms with Crippen LogP contribution in [0.25, 0.3) is 0 Å². The molecule has 0 aromatic rings. The normalized spacial score (nSPS) is 13.1. The molecule has 1 unspecified atom stereocenters. The van der Waals surface area contributed by atoms with Crippen molar-refractivity contribution in [2.24, 2.45) is 0 Å². The lowest BCUT2D eigenvalue weighted by atomic mass is 10.1. The Labute approximate surface area is 103 Å². The average Bonchev–Trinajstić information content (AvgIpc) is 2.24. The Kier molecular flexibility index (Phi) is 7.06. The van der Waals surface area contributed by atoms with Crippen molar-refractivity contribution in [3.8, 4) is 0 Å². The zero-order chi connectivity index (χ0) is 13.5. The fraction of sp³-hybridized carbons (Fsp3) is 0.727. The van der Waals surface area contributed by atoms with Crippen LogP contribution in [0.15, 0.2) is 12.7 Å². The Balaban J connectivity index is 4.60. The molecular formula is C11H21NO4S. The first-order valence-electron chi connectivity index (χ1n) is 5.66. The number of hydrogen-bond acceptors (Lipinski definition) is 3. The van der Waals surface area contributed by atoms with Gasteiger partial charge in [0.15, 0.2) is 0 Å². The van der Waals surface area contributed by atoms with E-state index in [1.54, 1.807) is 0 Å². The first-order chi connectivity index (χ1) is 7.81. The van der Waals surface area contributed by atoms with Crippen molar-refractivity contribution < 1.29 is 17.8 Å². The van der Waals surface area contributed by atoms with E-state index in [0.717, 1.165) is 25.3 Å². The third kappa shape index (κ3) is 7.12. The highest BCUT2D eigenvalue weighted by molar-refractivity contribution is 7.85. The Hall–Kier alpha value is -0.880. The molecule has 17 heavy (non-hydrogen) atoms. The Morgan fingerprint density at radius 2 is 2.06 bits per heavy atom. The first kappa shape index (κ1) is 16.1. The molecule has 0 bridgehead atoms. The lowest BCUT2D eigenvalue weighted by Crippen LogP contribution is -2.40. The van der Waals surface area contributed by atoms with Crippen LogP contribution in [-0.4, -0.2) is 42.6 Å². The summed E-state index contributed by atoms with van der Waals surface area (Å²) in [7, 11) is -2.56. The zero-order valence-electron chi connectivity index (χ0n) is 10.4. The highest BCUT2D eigenvalue weighted by atomic mass is 32.2. The van der Waals surface area contributed by atoms with Crippen molar-refractivity contribution in [1.82, 2.24) is 4.90 Å². The van der Waals surface area contributed by atoms with Crippen LogP contribution in [0.2, 0.25) is 0 Å². The standard InChI is InChI=1S/C11H21NO4S/c1-4-6-7-8-10(9-17(14,15)16)12(3)11(13)5-2/h5,10H,2,4,6-9H2,1,3H3,(H,14,15,16). The Morgan fingerprint density at radius 1 is 1.47 bits per heavy atom. The first-order valence-corrected chi connectivity index (χ1v) is 7.27. The Bertz CT molecular complexity index is 350. The summed E-state index contributed by atoms with van der Waals surface area (Å²) in [6.45, 7) is 5.39. The van der Waals surface area contributed by atoms with Gasteiger partial charge in [-0.3, -0.25) is 9.35 Å². The van der Waals surface area contributed by atoms with Gasteiger partial charge in [0.25, 0.3) is 10.1 Å². The number of carbonyl (C=O) groups excluding carboxylic acids is 1. The van der Waals surface area contributed by atoms with Crippen LogP contribution in [0.3, 0.4) is 0 Å². The van der Waals surface area contributed by atoms with E-state index in [1.807, 2.05) is 6.92 Å². The number of hydrogen-bond donors (Lipinski definition) is 1. The number of nitrogens with zero attached hydrogens (tertiary/aromatic N) is 1. The van der Waals surface area contributed by atoms with Gasteiger partial charge < -0.3 is 4.90 Å². The summed E-state index contributed by atoms with van der Waals surface area (Å²) in [6.07, 6.45) is 4.50. The van der Waals surface area contributed by atoms with Crippen LogP contribution in [-0.2, 0) is 14.9 Å². The molecule has 0 rings (SSSR count). The molecule has 0 aliphatic rings. The summed E-state index contributed by atoms with van der Waals surface area (Å²) < 4.78 is 30.6. The predicted molar refractivity (Wildman–Crippen MR) is 67.3 cm³/mol. The van der Waals surface area contributed by atoms with E-state index in [4.69, 9.17) is 4.55 Å². The van der Waals surface area contributed by atoms with Gasteiger partial charge >= 0.3 is 0 Å². The molecule has 0 heterocycles. The second kappa shape index (κ2) is 7.45. The van der Waals surface area contributed by atoms with E-state index in [1.165, 1.54) is 11.9 Å². The number of rotatable bonds is 8. The molecule has 0 saturated carbocycles. The van der Waals surface area contributed by atoms with E-state index in [2.05, 4.69) is 6.58 Å². The van der Waals surface area contributed by atoms with Crippen LogP contribution in [0.1, 0.15) is 32.6 Å². The van der Waals surface area contributed by atoms with Gasteiger partial charge in [0.2, 0.25) is 5.91 Å². The largest absolute Gasteiger partial charge is 0.338 e. The predicted octanol–water partition coefficient (Wildman–Crippen LogP) is 1.47. The molecular weight excluding hydrogens is 242 g/mol. The topological polar surface area (TPSA) is 74.7 Å². The van der Waals surface area contributed by atoms with Gasteiger partial charge in [-0.05, 0) is 12.5 Å². The molecule has 5 nitrogen and oxygen atoms in total. The van der Waals surface area contributed by atoms with Crippen LogP contribution >= 0.6 is 0 Å². The minimum absolute atomic E-state index is 0.338. The van der Waals surface area contributed by atoms with Gasteiger partial charge in [0, 0.05) is 13.1 Å². The highest BCUT2D eigenvalue weighted by Gasteiger charge is 2.23. The van der Waals surface area contributed by atoms with E-state index >= 15 is 0 Å². The summed E-state index contributed by atoms with van der Waals surface area (Å²) in [5, 5.41) is 0. The van der Waals surface area contributed by atoms with Crippen molar-refractivity contribution >= 4 is 16.0 Å². The molecule has 0 spiro atoms. The van der Waals surface area contributed by atoms with Crippen molar-refractivity contribution in [3.63, 3.8) is 0 Å². The van der Waals surface area contributed by atoms with E-state index in [9.17, 15) is 13.2 Å². The molecule has 1 amide bonds. The quantitative estimate of drug-likeness (QED) is 0.409. The van der Waals surface area contributed by atoms with E-state index in [-0.39, 0.29) is 5.91 Å². The molecule has 0 radical (unpaired) electrons. The summed E-state index contributed by atoms with van der Waals surface area (Å²) in [5.74, 6) is -0.762. The lowest BCUT2D eigenvalue weighted by Gasteiger charge is -2.26. The third-order valence-corrected chi connectivity index (χ3v) is 3.42. The average molecular weight is 263 g/mol. The molecule has 1 N–H and O–H groups in total. The van der Waals surface area contributed by atoms with Crippen molar-refractivity contribution in [3.05, 3.63) is 12.7 Å². The maximum absolute atomic E-state index is 11.4. The molecule has 0 aliphatic heterocycles. The molecule has 0 aliphatic carbocycles. The maximum atomic E-state index is 11.4. The van der Waals surface area contributed by atoms with Crippen LogP contribution in [0, 0.1) is 0 Å². The van der Waals surface area contributed by atoms with Gasteiger partial charge in [0.1, 0.15) is 0 Å². The molecule has 0 aromatic carbocycles. The molecule has 6 heteroatoms. The third-order valence-electron chi connectivity index (χ3n) is 2.61. The summed E-state index contributed by atoms with van der Waals surface area (Å²) in [4.78, 5) is 12.7.